The zero-order valence-electron chi connectivity index (χ0n) is 14.5. The number of nitrogen functional groups attached to an aromatic ring is 1. The Morgan fingerprint density at radius 3 is 2.69 bits per heavy atom. The number of halogens is 2. The van der Waals surface area contributed by atoms with Gasteiger partial charge in [-0.25, -0.2) is 14.4 Å². The third-order valence-electron chi connectivity index (χ3n) is 3.70. The molecule has 0 aliphatic heterocycles. The lowest BCUT2D eigenvalue weighted by atomic mass is 10.0. The van der Waals surface area contributed by atoms with E-state index in [2.05, 4.69) is 20.6 Å². The number of nitrogens with one attached hydrogen (secondary N) is 2. The molecular weight excluding hydrogens is 361 g/mol. The highest BCUT2D eigenvalue weighted by molar-refractivity contribution is 6.32. The Morgan fingerprint density at radius 2 is 2.08 bits per heavy atom. The van der Waals surface area contributed by atoms with E-state index in [0.29, 0.717) is 30.6 Å². The minimum atomic E-state index is -0.590. The topological polar surface area (TPSA) is 102 Å². The van der Waals surface area contributed by atoms with Crippen LogP contribution in [-0.2, 0) is 4.79 Å². The van der Waals surface area contributed by atoms with Gasteiger partial charge in [0.05, 0.1) is 23.1 Å². The van der Waals surface area contributed by atoms with E-state index in [0.717, 1.165) is 0 Å². The fourth-order valence-electron chi connectivity index (χ4n) is 2.44. The minimum absolute atomic E-state index is 0.0509. The predicted octanol–water partition coefficient (Wildman–Crippen LogP) is 2.82. The number of nitrogens with two attached hydrogens (primary N) is 1. The Kier molecular flexibility index (Phi) is 7.11. The number of nitrogens with zero attached hydrogens (tertiary/aromatic N) is 2. The summed E-state index contributed by atoms with van der Waals surface area (Å²) in [6.07, 6.45) is 3.97. The lowest BCUT2D eigenvalue weighted by molar-refractivity contribution is -0.109. The minimum Gasteiger partial charge on any atom is -0.420 e. The molecule has 1 aromatic heterocycles. The summed E-state index contributed by atoms with van der Waals surface area (Å²) in [4.78, 5) is 18.2. The summed E-state index contributed by atoms with van der Waals surface area (Å²) >= 11 is 6.09. The maximum absolute atomic E-state index is 15.0. The number of anilines is 1. The monoisotopic (exact) mass is 381 g/mol. The molecule has 0 aliphatic carbocycles. The zero-order chi connectivity index (χ0) is 19.1. The summed E-state index contributed by atoms with van der Waals surface area (Å²) in [6, 6.07) is 2.78. The highest BCUT2D eigenvalue weighted by atomic mass is 35.5. The number of aromatic nitrogens is 2. The van der Waals surface area contributed by atoms with Crippen LogP contribution in [0.25, 0.3) is 0 Å². The molecule has 0 radical (unpaired) electrons. The molecule has 2 atom stereocenters. The van der Waals surface area contributed by atoms with Gasteiger partial charge in [0.1, 0.15) is 0 Å². The Labute approximate surface area is 156 Å². The van der Waals surface area contributed by atoms with E-state index in [9.17, 15) is 4.79 Å². The van der Waals surface area contributed by atoms with Crippen molar-refractivity contribution in [3.05, 3.63) is 40.9 Å². The first kappa shape index (κ1) is 19.9. The van der Waals surface area contributed by atoms with Gasteiger partial charge in [-0.1, -0.05) is 24.6 Å². The molecule has 1 amide bonds. The number of benzene rings is 1. The van der Waals surface area contributed by atoms with Crippen LogP contribution in [0.4, 0.5) is 10.1 Å². The number of rotatable bonds is 9. The maximum atomic E-state index is 15.0. The molecule has 7 nitrogen and oxygen atoms in total. The number of carbonyl (C=O) groups is 1. The molecule has 26 heavy (non-hydrogen) atoms. The van der Waals surface area contributed by atoms with Crippen LogP contribution in [0.2, 0.25) is 5.02 Å². The fraction of sp³-hybridized carbons (Fsp3) is 0.353. The summed E-state index contributed by atoms with van der Waals surface area (Å²) in [5.74, 6) is -0.735. The second-order valence-electron chi connectivity index (χ2n) is 5.74. The normalized spacial score (nSPS) is 13.1. The molecule has 0 aliphatic rings. The average Bonchev–Trinajstić information content (AvgIpc) is 2.63. The second-order valence-corrected chi connectivity index (χ2v) is 6.14. The van der Waals surface area contributed by atoms with Gasteiger partial charge >= 0.3 is 6.01 Å². The number of ether oxygens (including phenoxy) is 1. The van der Waals surface area contributed by atoms with Crippen LogP contribution in [0.1, 0.15) is 31.9 Å². The summed E-state index contributed by atoms with van der Waals surface area (Å²) < 4.78 is 20.5. The Balaban J connectivity index is 2.25. The molecule has 0 unspecified atom stereocenters. The van der Waals surface area contributed by atoms with Crippen LogP contribution < -0.4 is 21.1 Å². The van der Waals surface area contributed by atoms with E-state index in [1.54, 1.807) is 12.1 Å². The van der Waals surface area contributed by atoms with Crippen molar-refractivity contribution >= 4 is 23.7 Å². The number of hydrogen-bond acceptors (Lipinski definition) is 6. The predicted molar refractivity (Wildman–Crippen MR) is 97.6 cm³/mol. The van der Waals surface area contributed by atoms with Gasteiger partial charge in [0, 0.05) is 24.2 Å². The smallest absolute Gasteiger partial charge is 0.322 e. The Hall–Kier alpha value is -2.45. The van der Waals surface area contributed by atoms with Gasteiger partial charge < -0.3 is 21.1 Å². The van der Waals surface area contributed by atoms with E-state index >= 15 is 4.39 Å². The van der Waals surface area contributed by atoms with Gasteiger partial charge in [0.15, 0.2) is 11.6 Å². The quantitative estimate of drug-likeness (QED) is 0.577. The first-order valence-electron chi connectivity index (χ1n) is 8.12. The summed E-state index contributed by atoms with van der Waals surface area (Å²) in [6.45, 7) is 4.25. The SMILES string of the molecule is CC[C@@H](N[C@@H](C)CNC=O)c1ccc(Cl)c(Oc2ncc(N)cn2)c1F. The second kappa shape index (κ2) is 9.30. The molecule has 0 saturated heterocycles. The zero-order valence-corrected chi connectivity index (χ0v) is 15.3. The van der Waals surface area contributed by atoms with Crippen molar-refractivity contribution < 1.29 is 13.9 Å². The first-order chi connectivity index (χ1) is 12.5. The molecule has 0 spiro atoms. The van der Waals surface area contributed by atoms with Gasteiger partial charge in [-0.15, -0.1) is 0 Å². The molecule has 0 fully saturated rings. The average molecular weight is 382 g/mol. The third kappa shape index (κ3) is 5.03. The molecular formula is C17H21ClFN5O2. The van der Waals surface area contributed by atoms with E-state index in [1.807, 2.05) is 13.8 Å². The molecule has 9 heteroatoms. The Bertz CT molecular complexity index is 745. The van der Waals surface area contributed by atoms with Crippen molar-refractivity contribution in [3.8, 4) is 11.8 Å². The molecule has 2 aromatic rings. The van der Waals surface area contributed by atoms with Gasteiger partial charge in [-0.2, -0.15) is 0 Å². The lowest BCUT2D eigenvalue weighted by Gasteiger charge is -2.23. The van der Waals surface area contributed by atoms with Crippen molar-refractivity contribution in [2.45, 2.75) is 32.4 Å². The Morgan fingerprint density at radius 1 is 1.38 bits per heavy atom. The van der Waals surface area contributed by atoms with Crippen LogP contribution in [0.15, 0.2) is 24.5 Å². The summed E-state index contributed by atoms with van der Waals surface area (Å²) in [5, 5.41) is 5.97. The van der Waals surface area contributed by atoms with E-state index in [1.165, 1.54) is 12.4 Å². The fourth-order valence-corrected chi connectivity index (χ4v) is 2.62. The third-order valence-corrected chi connectivity index (χ3v) is 3.99. The lowest BCUT2D eigenvalue weighted by Crippen LogP contribution is -2.38. The van der Waals surface area contributed by atoms with E-state index in [-0.39, 0.29) is 28.9 Å². The molecule has 4 N–H and O–H groups in total. The molecule has 0 saturated carbocycles. The molecule has 1 aromatic carbocycles. The van der Waals surface area contributed by atoms with Crippen molar-refractivity contribution in [1.29, 1.82) is 0 Å². The van der Waals surface area contributed by atoms with Crippen molar-refractivity contribution in [1.82, 2.24) is 20.6 Å². The van der Waals surface area contributed by atoms with Crippen molar-refractivity contribution in [3.63, 3.8) is 0 Å². The number of amides is 1. The first-order valence-corrected chi connectivity index (χ1v) is 8.50. The number of carbonyl (C=O) groups excluding carboxylic acids is 1. The molecule has 0 bridgehead atoms. The summed E-state index contributed by atoms with van der Waals surface area (Å²) in [7, 11) is 0. The van der Waals surface area contributed by atoms with Gasteiger partial charge in [0.25, 0.3) is 0 Å². The number of hydrogen-bond donors (Lipinski definition) is 3. The maximum Gasteiger partial charge on any atom is 0.322 e. The van der Waals surface area contributed by atoms with E-state index < -0.39 is 5.82 Å². The largest absolute Gasteiger partial charge is 0.420 e. The van der Waals surface area contributed by atoms with Crippen LogP contribution in [0, 0.1) is 5.82 Å². The van der Waals surface area contributed by atoms with Gasteiger partial charge in [-0.3, -0.25) is 4.79 Å². The van der Waals surface area contributed by atoms with Crippen LogP contribution in [-0.4, -0.2) is 29.0 Å². The van der Waals surface area contributed by atoms with Gasteiger partial charge in [-0.05, 0) is 19.4 Å². The summed E-state index contributed by atoms with van der Waals surface area (Å²) in [5.41, 5.74) is 6.30. The van der Waals surface area contributed by atoms with Crippen LogP contribution in [0.5, 0.6) is 11.8 Å². The highest BCUT2D eigenvalue weighted by Gasteiger charge is 2.22. The van der Waals surface area contributed by atoms with Gasteiger partial charge in [0.2, 0.25) is 6.41 Å². The van der Waals surface area contributed by atoms with E-state index in [4.69, 9.17) is 22.1 Å². The molecule has 140 valence electrons. The molecule has 2 rings (SSSR count). The van der Waals surface area contributed by atoms with Crippen molar-refractivity contribution in [2.75, 3.05) is 12.3 Å². The van der Waals surface area contributed by atoms with Crippen LogP contribution >= 0.6 is 11.6 Å². The van der Waals surface area contributed by atoms with Crippen LogP contribution in [0.3, 0.4) is 0 Å². The van der Waals surface area contributed by atoms with Crippen molar-refractivity contribution in [2.24, 2.45) is 0 Å². The molecule has 1 heterocycles. The standard InChI is InChI=1S/C17H21ClFN5O2/c1-3-14(24-10(2)6-21-9-25)12-4-5-13(18)16(15(12)19)26-17-22-7-11(20)8-23-17/h4-5,7-10,14,24H,3,6,20H2,1-2H3,(H,21,25)/t10-,14+/m0/s1. The highest BCUT2D eigenvalue weighted by Crippen LogP contribution is 2.35.